The van der Waals surface area contributed by atoms with Crippen LogP contribution in [0.15, 0.2) is 43.0 Å². The summed E-state index contributed by atoms with van der Waals surface area (Å²) < 4.78 is 3.22. The van der Waals surface area contributed by atoms with Gasteiger partial charge in [0.05, 0.1) is 17.8 Å². The molecule has 2 aromatic heterocycles. The number of carbonyl (C=O) groups excluding carboxylic acids is 1. The lowest BCUT2D eigenvalue weighted by atomic mass is 10.2. The molecule has 24 heavy (non-hydrogen) atoms. The molecule has 1 aromatic carbocycles. The first kappa shape index (κ1) is 16.5. The fraction of sp³-hybridized carbons (Fsp3) is 0.200. The Hall–Kier alpha value is -2.38. The van der Waals surface area contributed by atoms with E-state index in [4.69, 9.17) is 23.2 Å². The van der Waals surface area contributed by atoms with Gasteiger partial charge in [-0.25, -0.2) is 9.67 Å². The average Bonchev–Trinajstić information content (AvgIpc) is 3.17. The topological polar surface area (TPSA) is 77.6 Å². The van der Waals surface area contributed by atoms with Crippen LogP contribution in [-0.2, 0) is 17.9 Å². The first-order chi connectivity index (χ1) is 11.6. The van der Waals surface area contributed by atoms with Crippen LogP contribution in [0.2, 0.25) is 10.0 Å². The summed E-state index contributed by atoms with van der Waals surface area (Å²) >= 11 is 11.9. The van der Waals surface area contributed by atoms with E-state index in [1.54, 1.807) is 21.9 Å². The minimum Gasteiger partial charge on any atom is -0.293 e. The van der Waals surface area contributed by atoms with Crippen molar-refractivity contribution in [3.63, 3.8) is 0 Å². The van der Waals surface area contributed by atoms with Crippen molar-refractivity contribution in [1.29, 1.82) is 0 Å². The Kier molecular flexibility index (Phi) is 5.12. The van der Waals surface area contributed by atoms with Crippen molar-refractivity contribution in [3.8, 4) is 0 Å². The molecule has 124 valence electrons. The highest BCUT2D eigenvalue weighted by Crippen LogP contribution is 2.16. The maximum Gasteiger partial charge on any atom is 0.248 e. The van der Waals surface area contributed by atoms with Crippen LogP contribution in [0, 0.1) is 0 Å². The van der Waals surface area contributed by atoms with Crippen molar-refractivity contribution in [2.24, 2.45) is 0 Å². The molecule has 0 atom stereocenters. The zero-order valence-corrected chi connectivity index (χ0v) is 14.1. The molecule has 1 N–H and O–H groups in total. The van der Waals surface area contributed by atoms with E-state index in [0.29, 0.717) is 23.1 Å². The molecule has 0 aliphatic carbocycles. The lowest BCUT2D eigenvalue weighted by Gasteiger charge is -2.03. The summed E-state index contributed by atoms with van der Waals surface area (Å²) in [5, 5.41) is 12.1. The predicted octanol–water partition coefficient (Wildman–Crippen LogP) is 2.86. The van der Waals surface area contributed by atoms with Crippen LogP contribution in [0.4, 0.5) is 5.95 Å². The molecule has 0 aliphatic heterocycles. The molecule has 7 nitrogen and oxygen atoms in total. The van der Waals surface area contributed by atoms with E-state index in [0.717, 1.165) is 5.56 Å². The van der Waals surface area contributed by atoms with E-state index in [9.17, 15) is 4.79 Å². The van der Waals surface area contributed by atoms with Gasteiger partial charge in [0, 0.05) is 24.2 Å². The number of anilines is 1. The van der Waals surface area contributed by atoms with Gasteiger partial charge in [0.2, 0.25) is 11.9 Å². The second-order valence-electron chi connectivity index (χ2n) is 5.08. The van der Waals surface area contributed by atoms with Crippen LogP contribution in [0.3, 0.4) is 0 Å². The summed E-state index contributed by atoms with van der Waals surface area (Å²) in [5.41, 5.74) is 0.928. The Morgan fingerprint density at radius 2 is 2.04 bits per heavy atom. The van der Waals surface area contributed by atoms with Crippen LogP contribution in [0.25, 0.3) is 0 Å². The molecule has 0 bridgehead atoms. The first-order valence-electron chi connectivity index (χ1n) is 7.21. The molecule has 0 radical (unpaired) electrons. The Labute approximate surface area is 148 Å². The molecule has 2 heterocycles. The van der Waals surface area contributed by atoms with Gasteiger partial charge in [-0.15, -0.1) is 5.10 Å². The minimum absolute atomic E-state index is 0.197. The molecule has 3 aromatic rings. The molecular formula is C15H14Cl2N6O. The van der Waals surface area contributed by atoms with E-state index < -0.39 is 0 Å². The quantitative estimate of drug-likeness (QED) is 0.729. The van der Waals surface area contributed by atoms with E-state index in [1.807, 2.05) is 24.3 Å². The largest absolute Gasteiger partial charge is 0.293 e. The smallest absolute Gasteiger partial charge is 0.248 e. The van der Waals surface area contributed by atoms with Crippen molar-refractivity contribution in [2.75, 3.05) is 5.32 Å². The van der Waals surface area contributed by atoms with Crippen molar-refractivity contribution in [1.82, 2.24) is 24.5 Å². The summed E-state index contributed by atoms with van der Waals surface area (Å²) in [6, 6.07) is 7.50. The minimum atomic E-state index is -0.197. The Morgan fingerprint density at radius 3 is 2.79 bits per heavy atom. The normalized spacial score (nSPS) is 10.8. The van der Waals surface area contributed by atoms with E-state index in [1.165, 1.54) is 6.20 Å². The highest BCUT2D eigenvalue weighted by atomic mass is 35.5. The third kappa shape index (κ3) is 4.33. The standard InChI is InChI=1S/C15H14Cl2N6O/c16-12-7-19-22(9-12)6-5-14(24)20-15-18-10-23(21-15)8-11-3-1-2-4-13(11)17/h1-4,7,9-10H,5-6,8H2,(H,20,21,24). The maximum atomic E-state index is 11.9. The van der Waals surface area contributed by atoms with Crippen molar-refractivity contribution < 1.29 is 4.79 Å². The molecule has 0 aliphatic rings. The van der Waals surface area contributed by atoms with Crippen molar-refractivity contribution in [3.05, 3.63) is 58.6 Å². The van der Waals surface area contributed by atoms with Gasteiger partial charge in [-0.3, -0.25) is 14.8 Å². The zero-order chi connectivity index (χ0) is 16.9. The number of aryl methyl sites for hydroxylation is 1. The molecule has 0 saturated heterocycles. The van der Waals surface area contributed by atoms with Gasteiger partial charge in [-0.2, -0.15) is 5.10 Å². The predicted molar refractivity (Wildman–Crippen MR) is 91.1 cm³/mol. The number of benzene rings is 1. The number of rotatable bonds is 6. The van der Waals surface area contributed by atoms with E-state index in [-0.39, 0.29) is 18.3 Å². The van der Waals surface area contributed by atoms with Crippen molar-refractivity contribution >= 4 is 35.1 Å². The van der Waals surface area contributed by atoms with Crippen LogP contribution >= 0.6 is 23.2 Å². The number of aromatic nitrogens is 5. The Balaban J connectivity index is 1.53. The molecule has 0 saturated carbocycles. The Bertz CT molecular complexity index is 844. The number of amides is 1. The van der Waals surface area contributed by atoms with Crippen LogP contribution in [0.1, 0.15) is 12.0 Å². The molecule has 3 rings (SSSR count). The lowest BCUT2D eigenvalue weighted by Crippen LogP contribution is -2.16. The summed E-state index contributed by atoms with van der Waals surface area (Å²) in [6.45, 7) is 0.910. The number of hydrogen-bond acceptors (Lipinski definition) is 4. The summed E-state index contributed by atoms with van der Waals surface area (Å²) in [6.07, 6.45) is 4.98. The van der Waals surface area contributed by atoms with Gasteiger partial charge in [0.25, 0.3) is 0 Å². The second-order valence-corrected chi connectivity index (χ2v) is 5.92. The molecule has 0 fully saturated rings. The van der Waals surface area contributed by atoms with Gasteiger partial charge in [-0.05, 0) is 11.6 Å². The number of carbonyl (C=O) groups is 1. The zero-order valence-electron chi connectivity index (χ0n) is 12.6. The Morgan fingerprint density at radius 1 is 1.21 bits per heavy atom. The summed E-state index contributed by atoms with van der Waals surface area (Å²) in [7, 11) is 0. The summed E-state index contributed by atoms with van der Waals surface area (Å²) in [4.78, 5) is 16.0. The second kappa shape index (κ2) is 7.46. The van der Waals surface area contributed by atoms with Gasteiger partial charge in [0.1, 0.15) is 6.33 Å². The number of nitrogens with one attached hydrogen (secondary N) is 1. The number of hydrogen-bond donors (Lipinski definition) is 1. The average molecular weight is 365 g/mol. The van der Waals surface area contributed by atoms with Gasteiger partial charge in [0.15, 0.2) is 0 Å². The lowest BCUT2D eigenvalue weighted by molar-refractivity contribution is -0.116. The maximum absolute atomic E-state index is 11.9. The highest BCUT2D eigenvalue weighted by Gasteiger charge is 2.08. The molecular weight excluding hydrogens is 351 g/mol. The van der Waals surface area contributed by atoms with Crippen LogP contribution < -0.4 is 5.32 Å². The highest BCUT2D eigenvalue weighted by molar-refractivity contribution is 6.31. The summed E-state index contributed by atoms with van der Waals surface area (Å²) in [5.74, 6) is 0.0580. The van der Waals surface area contributed by atoms with Gasteiger partial charge in [-0.1, -0.05) is 41.4 Å². The third-order valence-corrected chi connectivity index (χ3v) is 3.81. The SMILES string of the molecule is O=C(CCn1cc(Cl)cn1)Nc1ncn(Cc2ccccc2Cl)n1. The molecule has 0 spiro atoms. The van der Waals surface area contributed by atoms with E-state index >= 15 is 0 Å². The van der Waals surface area contributed by atoms with Crippen molar-refractivity contribution in [2.45, 2.75) is 19.5 Å². The van der Waals surface area contributed by atoms with Crippen LogP contribution in [-0.4, -0.2) is 30.5 Å². The van der Waals surface area contributed by atoms with Gasteiger partial charge >= 0.3 is 0 Å². The number of nitrogens with zero attached hydrogens (tertiary/aromatic N) is 5. The molecule has 1 amide bonds. The monoisotopic (exact) mass is 364 g/mol. The molecule has 9 heteroatoms. The fourth-order valence-corrected chi connectivity index (χ4v) is 2.44. The fourth-order valence-electron chi connectivity index (χ4n) is 2.09. The molecule has 0 unspecified atom stereocenters. The van der Waals surface area contributed by atoms with Crippen LogP contribution in [0.5, 0.6) is 0 Å². The number of halogens is 2. The van der Waals surface area contributed by atoms with Gasteiger partial charge < -0.3 is 0 Å². The third-order valence-electron chi connectivity index (χ3n) is 3.25. The first-order valence-corrected chi connectivity index (χ1v) is 7.96. The van der Waals surface area contributed by atoms with E-state index in [2.05, 4.69) is 20.5 Å².